The van der Waals surface area contributed by atoms with Gasteiger partial charge in [0.2, 0.25) is 0 Å². The first-order valence-corrected chi connectivity index (χ1v) is 21.2. The maximum Gasteiger partial charge on any atom is 0.0723 e. The molecular formula is C58H42N2. The molecule has 2 heteroatoms. The zero-order chi connectivity index (χ0) is 39.8. The van der Waals surface area contributed by atoms with Crippen LogP contribution >= 0.6 is 0 Å². The minimum absolute atomic E-state index is 0.395. The molecule has 2 nitrogen and oxygen atoms in total. The highest BCUT2D eigenvalue weighted by Gasteiger charge is 2.54. The van der Waals surface area contributed by atoms with Crippen LogP contribution in [0.2, 0.25) is 0 Å². The molecule has 1 spiro atoms. The molecule has 3 aliphatic carbocycles. The van der Waals surface area contributed by atoms with Gasteiger partial charge < -0.3 is 9.80 Å². The number of hydrogen-bond acceptors (Lipinski definition) is 2. The van der Waals surface area contributed by atoms with E-state index in [1.165, 1.54) is 66.1 Å². The fourth-order valence-electron chi connectivity index (χ4n) is 10.6. The Morgan fingerprint density at radius 2 is 0.967 bits per heavy atom. The van der Waals surface area contributed by atoms with E-state index < -0.39 is 5.41 Å². The Bertz CT molecular complexity index is 3160. The number of fused-ring (bicyclic) bond motifs is 13. The summed E-state index contributed by atoms with van der Waals surface area (Å²) < 4.78 is 0. The molecule has 0 amide bonds. The summed E-state index contributed by atoms with van der Waals surface area (Å²) in [6.07, 6.45) is 6.13. The van der Waals surface area contributed by atoms with Crippen molar-refractivity contribution >= 4 is 61.2 Å². The molecule has 0 aliphatic heterocycles. The Labute approximate surface area is 351 Å². The number of para-hydroxylation sites is 3. The molecule has 0 heterocycles. The van der Waals surface area contributed by atoms with Crippen LogP contribution < -0.4 is 9.80 Å². The second-order valence-corrected chi connectivity index (χ2v) is 16.5. The van der Waals surface area contributed by atoms with Crippen LogP contribution in [0.25, 0.3) is 38.2 Å². The summed E-state index contributed by atoms with van der Waals surface area (Å²) in [5.41, 5.74) is 17.3. The molecule has 9 aromatic carbocycles. The molecule has 1 unspecified atom stereocenters. The molecule has 0 N–H and O–H groups in total. The summed E-state index contributed by atoms with van der Waals surface area (Å²) in [6.45, 7) is 2.36. The van der Waals surface area contributed by atoms with Gasteiger partial charge in [-0.1, -0.05) is 159 Å². The lowest BCUT2D eigenvalue weighted by molar-refractivity contribution is 0.701. The predicted molar refractivity (Wildman–Crippen MR) is 252 cm³/mol. The average molecular weight is 767 g/mol. The lowest BCUT2D eigenvalue weighted by Gasteiger charge is -2.34. The summed E-state index contributed by atoms with van der Waals surface area (Å²) in [5.74, 6) is 0.465. The maximum atomic E-state index is 2.57. The fraction of sp³-hybridized carbons (Fsp3) is 0.0690. The van der Waals surface area contributed by atoms with E-state index in [4.69, 9.17) is 0 Å². The first-order valence-electron chi connectivity index (χ1n) is 21.2. The first kappa shape index (κ1) is 34.6. The minimum atomic E-state index is -0.395. The van der Waals surface area contributed by atoms with Crippen LogP contribution in [-0.2, 0) is 5.41 Å². The van der Waals surface area contributed by atoms with E-state index in [1.807, 2.05) is 0 Å². The first-order chi connectivity index (χ1) is 29.7. The van der Waals surface area contributed by atoms with Gasteiger partial charge in [-0.2, -0.15) is 0 Å². The lowest BCUT2D eigenvalue weighted by atomic mass is 9.69. The van der Waals surface area contributed by atoms with E-state index in [0.29, 0.717) is 5.92 Å². The highest BCUT2D eigenvalue weighted by Crippen LogP contribution is 2.65. The van der Waals surface area contributed by atoms with E-state index >= 15 is 0 Å². The van der Waals surface area contributed by atoms with Crippen LogP contribution in [0.5, 0.6) is 0 Å². The molecule has 0 aromatic heterocycles. The summed E-state index contributed by atoms with van der Waals surface area (Å²) in [4.78, 5) is 4.85. The van der Waals surface area contributed by atoms with Crippen molar-refractivity contribution in [2.24, 2.45) is 5.92 Å². The van der Waals surface area contributed by atoms with E-state index in [9.17, 15) is 0 Å². The molecule has 2 atom stereocenters. The van der Waals surface area contributed by atoms with Crippen molar-refractivity contribution in [2.45, 2.75) is 18.8 Å². The summed E-state index contributed by atoms with van der Waals surface area (Å²) in [7, 11) is 0. The standard InChI is InChI=1S/C58H42N2/c1-39-29-32-49-47-25-13-15-27-53(47)58(55(49)35-39)54-28-16-14-26-48(54)50-33-30-45(38-56(50)58)59(41-18-5-2-6-19-41)44-31-34-51-52(37-44)46-24-12-11-17-40(46)36-57(51)60(42-20-7-3-8-21-42)43-22-9-4-10-23-43/h2-28,30-39H,29H2,1H3/t39?,58-/m1/s1. The van der Waals surface area contributed by atoms with E-state index in [-0.39, 0.29) is 0 Å². The van der Waals surface area contributed by atoms with Crippen LogP contribution in [0, 0.1) is 5.92 Å². The molecule has 3 aliphatic rings. The van der Waals surface area contributed by atoms with Crippen molar-refractivity contribution in [3.63, 3.8) is 0 Å². The van der Waals surface area contributed by atoms with E-state index in [1.54, 1.807) is 0 Å². The summed E-state index contributed by atoms with van der Waals surface area (Å²) in [6, 6.07) is 76.1. The molecule has 0 bridgehead atoms. The van der Waals surface area contributed by atoms with Crippen molar-refractivity contribution in [3.8, 4) is 11.1 Å². The smallest absolute Gasteiger partial charge is 0.0723 e. The van der Waals surface area contributed by atoms with Gasteiger partial charge in [0.15, 0.2) is 0 Å². The molecule has 60 heavy (non-hydrogen) atoms. The average Bonchev–Trinajstić information content (AvgIpc) is 3.77. The van der Waals surface area contributed by atoms with Gasteiger partial charge in [0.05, 0.1) is 11.1 Å². The van der Waals surface area contributed by atoms with Crippen LogP contribution in [0.15, 0.2) is 224 Å². The van der Waals surface area contributed by atoms with Crippen molar-refractivity contribution in [2.75, 3.05) is 9.80 Å². The van der Waals surface area contributed by atoms with Gasteiger partial charge in [-0.15, -0.1) is 0 Å². The number of benzene rings is 9. The molecule has 0 saturated carbocycles. The number of nitrogens with zero attached hydrogens (tertiary/aromatic N) is 2. The lowest BCUT2D eigenvalue weighted by Crippen LogP contribution is -2.27. The Balaban J connectivity index is 1.10. The molecule has 9 aromatic rings. The fourth-order valence-corrected chi connectivity index (χ4v) is 10.6. The monoisotopic (exact) mass is 766 g/mol. The number of anilines is 6. The van der Waals surface area contributed by atoms with Crippen LogP contribution in [-0.4, -0.2) is 0 Å². The highest BCUT2D eigenvalue weighted by atomic mass is 15.2. The van der Waals surface area contributed by atoms with Crippen molar-refractivity contribution in [1.29, 1.82) is 0 Å². The second kappa shape index (κ2) is 13.6. The van der Waals surface area contributed by atoms with Crippen LogP contribution in [0.1, 0.15) is 35.6 Å². The molecule has 0 fully saturated rings. The third kappa shape index (κ3) is 5.07. The number of rotatable bonds is 6. The molecule has 0 saturated heterocycles. The topological polar surface area (TPSA) is 6.48 Å². The van der Waals surface area contributed by atoms with Gasteiger partial charge in [0.1, 0.15) is 0 Å². The van der Waals surface area contributed by atoms with Gasteiger partial charge in [-0.05, 0) is 140 Å². The van der Waals surface area contributed by atoms with Gasteiger partial charge >= 0.3 is 0 Å². The molecule has 0 radical (unpaired) electrons. The van der Waals surface area contributed by atoms with Crippen molar-refractivity contribution in [3.05, 3.63) is 246 Å². The number of hydrogen-bond donors (Lipinski definition) is 0. The molecule has 12 rings (SSSR count). The normalized spacial score (nSPS) is 17.1. The Kier molecular flexibility index (Phi) is 7.83. The number of allylic oxidation sites excluding steroid dienone is 4. The highest BCUT2D eigenvalue weighted by molar-refractivity contribution is 6.16. The zero-order valence-corrected chi connectivity index (χ0v) is 33.5. The van der Waals surface area contributed by atoms with Crippen molar-refractivity contribution in [1.82, 2.24) is 0 Å². The third-order valence-corrected chi connectivity index (χ3v) is 13.1. The largest absolute Gasteiger partial charge is 0.310 e. The van der Waals surface area contributed by atoms with Crippen LogP contribution in [0.3, 0.4) is 0 Å². The molecular weight excluding hydrogens is 725 g/mol. The Morgan fingerprint density at radius 3 is 1.68 bits per heavy atom. The van der Waals surface area contributed by atoms with Crippen molar-refractivity contribution < 1.29 is 0 Å². The quantitative estimate of drug-likeness (QED) is 0.156. The van der Waals surface area contributed by atoms with E-state index in [2.05, 4.69) is 235 Å². The van der Waals surface area contributed by atoms with Gasteiger partial charge in [0.25, 0.3) is 0 Å². The Hall–Kier alpha value is -7.42. The second-order valence-electron chi connectivity index (χ2n) is 16.5. The van der Waals surface area contributed by atoms with E-state index in [0.717, 1.165) is 40.5 Å². The SMILES string of the molecule is CC1C=C2C(=CC1)c1ccccc1[C@@]21c2ccccc2-c2ccc(N(c3ccccc3)c3ccc4c(N(c5ccccc5)c5ccccc5)cc5ccccc5c4c3)cc21. The zero-order valence-electron chi connectivity index (χ0n) is 33.5. The van der Waals surface area contributed by atoms with Gasteiger partial charge in [-0.25, -0.2) is 0 Å². The Morgan fingerprint density at radius 1 is 0.417 bits per heavy atom. The molecule has 284 valence electrons. The summed E-state index contributed by atoms with van der Waals surface area (Å²) in [5, 5.41) is 4.85. The predicted octanol–water partition coefficient (Wildman–Crippen LogP) is 15.6. The maximum absolute atomic E-state index is 2.57. The van der Waals surface area contributed by atoms with Gasteiger partial charge in [0, 0.05) is 33.8 Å². The van der Waals surface area contributed by atoms with Crippen LogP contribution in [0.4, 0.5) is 34.1 Å². The van der Waals surface area contributed by atoms with Gasteiger partial charge in [-0.3, -0.25) is 0 Å². The third-order valence-electron chi connectivity index (χ3n) is 13.1. The summed E-state index contributed by atoms with van der Waals surface area (Å²) >= 11 is 0. The minimum Gasteiger partial charge on any atom is -0.310 e.